The summed E-state index contributed by atoms with van der Waals surface area (Å²) in [5, 5.41) is 2.93. The largest absolute Gasteiger partial charge is 0.378 e. The molecule has 0 unspecified atom stereocenters. The molecule has 32 heavy (non-hydrogen) atoms. The Morgan fingerprint density at radius 1 is 0.938 bits per heavy atom. The number of nitrogens with one attached hydrogen (secondary N) is 1. The van der Waals surface area contributed by atoms with Gasteiger partial charge in [-0.3, -0.25) is 4.79 Å². The summed E-state index contributed by atoms with van der Waals surface area (Å²) in [7, 11) is 0.329. The van der Waals surface area contributed by atoms with Gasteiger partial charge in [0, 0.05) is 58.1 Å². The summed E-state index contributed by atoms with van der Waals surface area (Å²) in [5.74, 6) is -0.271. The molecular formula is C24H32N4O3S. The van der Waals surface area contributed by atoms with Crippen LogP contribution in [0.1, 0.15) is 41.6 Å². The van der Waals surface area contributed by atoms with Crippen molar-refractivity contribution in [2.45, 2.75) is 37.1 Å². The maximum atomic E-state index is 13.4. The molecule has 2 aromatic carbocycles. The molecule has 7 nitrogen and oxygen atoms in total. The molecule has 0 saturated carbocycles. The summed E-state index contributed by atoms with van der Waals surface area (Å²) >= 11 is 0. The standard InChI is InChI=1S/C24H32N4O3S/c1-26(2)21-10-7-19(8-11-21)18-25-24(29)20-9-12-22(27-13-3-4-14-27)23(17-20)32(30,31)28-15-5-6-16-28/h7-12,17H,3-6,13-16,18H2,1-2H3,(H,25,29). The first-order valence-corrected chi connectivity index (χ1v) is 12.7. The smallest absolute Gasteiger partial charge is 0.251 e. The molecule has 2 fully saturated rings. The third-order valence-electron chi connectivity index (χ3n) is 6.26. The molecule has 0 bridgehead atoms. The van der Waals surface area contributed by atoms with Crippen LogP contribution in [0.15, 0.2) is 47.4 Å². The molecule has 8 heteroatoms. The summed E-state index contributed by atoms with van der Waals surface area (Å²) in [4.78, 5) is 17.3. The van der Waals surface area contributed by atoms with Crippen LogP contribution in [0.25, 0.3) is 0 Å². The lowest BCUT2D eigenvalue weighted by Gasteiger charge is -2.24. The van der Waals surface area contributed by atoms with Crippen molar-refractivity contribution in [1.29, 1.82) is 0 Å². The normalized spacial score (nSPS) is 17.0. The third-order valence-corrected chi connectivity index (χ3v) is 8.19. The zero-order chi connectivity index (χ0) is 22.7. The Kier molecular flexibility index (Phi) is 6.71. The first-order valence-electron chi connectivity index (χ1n) is 11.3. The highest BCUT2D eigenvalue weighted by atomic mass is 32.2. The minimum Gasteiger partial charge on any atom is -0.378 e. The number of amides is 1. The summed E-state index contributed by atoms with van der Waals surface area (Å²) in [6.45, 7) is 3.16. The SMILES string of the molecule is CN(C)c1ccc(CNC(=O)c2ccc(N3CCCC3)c(S(=O)(=O)N3CCCC3)c2)cc1. The van der Waals surface area contributed by atoms with Crippen LogP contribution in [-0.4, -0.2) is 58.9 Å². The average Bonchev–Trinajstić information content (AvgIpc) is 3.52. The Hall–Kier alpha value is -2.58. The van der Waals surface area contributed by atoms with Gasteiger partial charge in [0.2, 0.25) is 10.0 Å². The van der Waals surface area contributed by atoms with Gasteiger partial charge in [0.25, 0.3) is 5.91 Å². The van der Waals surface area contributed by atoms with Crippen LogP contribution < -0.4 is 15.1 Å². The number of hydrogen-bond acceptors (Lipinski definition) is 5. The fourth-order valence-electron chi connectivity index (χ4n) is 4.35. The van der Waals surface area contributed by atoms with Gasteiger partial charge in [-0.15, -0.1) is 0 Å². The number of rotatable bonds is 7. The summed E-state index contributed by atoms with van der Waals surface area (Å²) < 4.78 is 28.4. The number of carbonyl (C=O) groups is 1. The molecule has 0 aromatic heterocycles. The molecule has 0 spiro atoms. The molecule has 2 saturated heterocycles. The zero-order valence-corrected chi connectivity index (χ0v) is 19.7. The fraction of sp³-hybridized carbons (Fsp3) is 0.458. The van der Waals surface area contributed by atoms with Gasteiger partial charge in [-0.25, -0.2) is 8.42 Å². The number of sulfonamides is 1. The van der Waals surface area contributed by atoms with E-state index in [1.165, 1.54) is 0 Å². The quantitative estimate of drug-likeness (QED) is 0.693. The van der Waals surface area contributed by atoms with Crippen molar-refractivity contribution >= 4 is 27.3 Å². The van der Waals surface area contributed by atoms with Crippen molar-refractivity contribution in [3.05, 3.63) is 53.6 Å². The molecule has 0 aliphatic carbocycles. The van der Waals surface area contributed by atoms with Gasteiger partial charge in [0.15, 0.2) is 0 Å². The molecular weight excluding hydrogens is 424 g/mol. The second kappa shape index (κ2) is 9.50. The summed E-state index contributed by atoms with van der Waals surface area (Å²) in [6.07, 6.45) is 3.87. The zero-order valence-electron chi connectivity index (χ0n) is 18.9. The second-order valence-electron chi connectivity index (χ2n) is 8.73. The van der Waals surface area contributed by atoms with Crippen LogP contribution in [-0.2, 0) is 16.6 Å². The van der Waals surface area contributed by atoms with Crippen LogP contribution in [0.4, 0.5) is 11.4 Å². The lowest BCUT2D eigenvalue weighted by atomic mass is 10.1. The van der Waals surface area contributed by atoms with E-state index in [0.717, 1.165) is 50.0 Å². The molecule has 1 N–H and O–H groups in total. The lowest BCUT2D eigenvalue weighted by molar-refractivity contribution is 0.0950. The van der Waals surface area contributed by atoms with Crippen LogP contribution in [0.3, 0.4) is 0 Å². The average molecular weight is 457 g/mol. The predicted molar refractivity (Wildman–Crippen MR) is 128 cm³/mol. The van der Waals surface area contributed by atoms with E-state index >= 15 is 0 Å². The van der Waals surface area contributed by atoms with Gasteiger partial charge in [-0.2, -0.15) is 4.31 Å². The van der Waals surface area contributed by atoms with E-state index < -0.39 is 10.0 Å². The molecule has 172 valence electrons. The number of benzene rings is 2. The van der Waals surface area contributed by atoms with E-state index in [4.69, 9.17) is 0 Å². The molecule has 1 amide bonds. The maximum absolute atomic E-state index is 13.4. The van der Waals surface area contributed by atoms with Crippen LogP contribution in [0.2, 0.25) is 0 Å². The van der Waals surface area contributed by atoms with Crippen molar-refractivity contribution in [1.82, 2.24) is 9.62 Å². The van der Waals surface area contributed by atoms with E-state index in [1.807, 2.05) is 43.3 Å². The Balaban J connectivity index is 1.56. The summed E-state index contributed by atoms with van der Waals surface area (Å²) in [6, 6.07) is 13.1. The van der Waals surface area contributed by atoms with Gasteiger partial charge in [-0.1, -0.05) is 12.1 Å². The highest BCUT2D eigenvalue weighted by Gasteiger charge is 2.32. The molecule has 2 aliphatic rings. The number of hydrogen-bond donors (Lipinski definition) is 1. The van der Waals surface area contributed by atoms with Crippen LogP contribution in [0.5, 0.6) is 0 Å². The number of nitrogens with zero attached hydrogens (tertiary/aromatic N) is 3. The monoisotopic (exact) mass is 456 g/mol. The van der Waals surface area contributed by atoms with Crippen molar-refractivity contribution in [2.75, 3.05) is 50.1 Å². The topological polar surface area (TPSA) is 73.0 Å². The molecule has 0 radical (unpaired) electrons. The highest BCUT2D eigenvalue weighted by molar-refractivity contribution is 7.89. The first-order chi connectivity index (χ1) is 15.4. The highest BCUT2D eigenvalue weighted by Crippen LogP contribution is 2.32. The molecule has 0 atom stereocenters. The van der Waals surface area contributed by atoms with Crippen molar-refractivity contribution in [3.63, 3.8) is 0 Å². The van der Waals surface area contributed by atoms with E-state index in [1.54, 1.807) is 22.5 Å². The van der Waals surface area contributed by atoms with E-state index in [2.05, 4.69) is 10.2 Å². The minimum absolute atomic E-state index is 0.254. The van der Waals surface area contributed by atoms with Gasteiger partial charge in [-0.05, 0) is 61.6 Å². The Morgan fingerprint density at radius 3 is 2.19 bits per heavy atom. The van der Waals surface area contributed by atoms with Crippen molar-refractivity contribution in [2.24, 2.45) is 0 Å². The Morgan fingerprint density at radius 2 is 1.56 bits per heavy atom. The van der Waals surface area contributed by atoms with E-state index in [-0.39, 0.29) is 10.8 Å². The fourth-order valence-corrected chi connectivity index (χ4v) is 6.10. The van der Waals surface area contributed by atoms with Crippen molar-refractivity contribution in [3.8, 4) is 0 Å². The second-order valence-corrected chi connectivity index (χ2v) is 10.6. The van der Waals surface area contributed by atoms with E-state index in [9.17, 15) is 13.2 Å². The molecule has 2 aromatic rings. The van der Waals surface area contributed by atoms with Gasteiger partial charge in [0.05, 0.1) is 5.69 Å². The predicted octanol–water partition coefficient (Wildman–Crippen LogP) is 3.07. The number of carbonyl (C=O) groups excluding carboxylic acids is 1. The van der Waals surface area contributed by atoms with Gasteiger partial charge < -0.3 is 15.1 Å². The van der Waals surface area contributed by atoms with Crippen LogP contribution >= 0.6 is 0 Å². The van der Waals surface area contributed by atoms with Gasteiger partial charge >= 0.3 is 0 Å². The van der Waals surface area contributed by atoms with Crippen molar-refractivity contribution < 1.29 is 13.2 Å². The molecule has 2 aliphatic heterocycles. The third kappa shape index (κ3) is 4.76. The lowest BCUT2D eigenvalue weighted by Crippen LogP contribution is -2.31. The maximum Gasteiger partial charge on any atom is 0.251 e. The minimum atomic E-state index is -3.64. The molecule has 2 heterocycles. The Labute approximate surface area is 191 Å². The van der Waals surface area contributed by atoms with Crippen LogP contribution in [0, 0.1) is 0 Å². The number of anilines is 2. The first kappa shape index (κ1) is 22.6. The Bertz CT molecular complexity index is 1060. The van der Waals surface area contributed by atoms with Gasteiger partial charge in [0.1, 0.15) is 4.90 Å². The summed E-state index contributed by atoms with van der Waals surface area (Å²) in [5.41, 5.74) is 3.16. The molecule has 4 rings (SSSR count). The van der Waals surface area contributed by atoms with E-state index in [0.29, 0.717) is 30.9 Å².